The summed E-state index contributed by atoms with van der Waals surface area (Å²) >= 11 is 7.00. The summed E-state index contributed by atoms with van der Waals surface area (Å²) in [7, 11) is 0. The van der Waals surface area contributed by atoms with Crippen LogP contribution < -0.4 is 10.2 Å². The summed E-state index contributed by atoms with van der Waals surface area (Å²) in [6.45, 7) is -0.108. The van der Waals surface area contributed by atoms with Gasteiger partial charge in [-0.3, -0.25) is 4.79 Å². The topological polar surface area (TPSA) is 50.7 Å². The third-order valence-electron chi connectivity index (χ3n) is 3.69. The smallest absolute Gasteiger partial charge is 0.277 e. The molecule has 0 aliphatic heterocycles. The van der Waals surface area contributed by atoms with Crippen LogP contribution in [0.5, 0.6) is 5.75 Å². The zero-order valence-corrected chi connectivity index (χ0v) is 17.0. The Balaban J connectivity index is 1.53. The lowest BCUT2D eigenvalue weighted by molar-refractivity contribution is -0.123. The second kappa shape index (κ2) is 8.96. The molecule has 0 aliphatic rings. The number of amides is 1. The van der Waals surface area contributed by atoms with Gasteiger partial charge in [-0.05, 0) is 50.5 Å². The number of benzene rings is 3. The molecule has 0 unspecified atom stereocenters. The molecular weight excluding hydrogens is 460 g/mol. The van der Waals surface area contributed by atoms with Gasteiger partial charge in [0.2, 0.25) is 0 Å². The van der Waals surface area contributed by atoms with Crippen LogP contribution in [0.2, 0.25) is 0 Å². The molecule has 0 radical (unpaired) electrons. The van der Waals surface area contributed by atoms with Crippen LogP contribution in [0.25, 0.3) is 10.8 Å². The van der Waals surface area contributed by atoms with E-state index in [0.717, 1.165) is 25.3 Å². The first kappa shape index (κ1) is 18.6. The van der Waals surface area contributed by atoms with E-state index in [1.807, 2.05) is 60.7 Å². The predicted molar refractivity (Wildman–Crippen MR) is 112 cm³/mol. The van der Waals surface area contributed by atoms with Gasteiger partial charge in [-0.15, -0.1) is 0 Å². The number of halogens is 2. The third kappa shape index (κ3) is 4.93. The van der Waals surface area contributed by atoms with Gasteiger partial charge >= 0.3 is 0 Å². The number of nitrogens with one attached hydrogen (secondary N) is 1. The number of fused-ring (bicyclic) bond motifs is 1. The van der Waals surface area contributed by atoms with Crippen LogP contribution in [0, 0.1) is 0 Å². The van der Waals surface area contributed by atoms with Gasteiger partial charge in [-0.1, -0.05) is 58.4 Å². The number of hydrogen-bond acceptors (Lipinski definition) is 3. The van der Waals surface area contributed by atoms with Crippen molar-refractivity contribution >= 4 is 54.8 Å². The first-order chi connectivity index (χ1) is 12.6. The molecule has 0 bridgehead atoms. The minimum atomic E-state index is -0.308. The summed E-state index contributed by atoms with van der Waals surface area (Å²) < 4.78 is 7.44. The minimum absolute atomic E-state index is 0.108. The van der Waals surface area contributed by atoms with Crippen molar-refractivity contribution in [3.63, 3.8) is 0 Å². The van der Waals surface area contributed by atoms with E-state index < -0.39 is 0 Å². The third-order valence-corrected chi connectivity index (χ3v) is 5.00. The normalized spacial score (nSPS) is 11.0. The molecule has 0 spiro atoms. The first-order valence-electron chi connectivity index (χ1n) is 7.98. The van der Waals surface area contributed by atoms with Gasteiger partial charge < -0.3 is 4.74 Å². The Hall–Kier alpha value is -2.18. The SMILES string of the molecule is O=C(COc1ccc2cc(Br)ccc2c1Br)NN=CCc1ccccc1. The second-order valence-corrected chi connectivity index (χ2v) is 7.28. The van der Waals surface area contributed by atoms with Gasteiger partial charge in [-0.25, -0.2) is 5.43 Å². The van der Waals surface area contributed by atoms with Crippen molar-refractivity contribution in [2.75, 3.05) is 6.61 Å². The van der Waals surface area contributed by atoms with Crippen LogP contribution >= 0.6 is 31.9 Å². The molecule has 3 aromatic carbocycles. The van der Waals surface area contributed by atoms with Crippen molar-refractivity contribution in [1.82, 2.24) is 5.43 Å². The first-order valence-corrected chi connectivity index (χ1v) is 9.57. The number of carbonyl (C=O) groups is 1. The molecule has 132 valence electrons. The van der Waals surface area contributed by atoms with Crippen molar-refractivity contribution < 1.29 is 9.53 Å². The van der Waals surface area contributed by atoms with Crippen LogP contribution in [0.1, 0.15) is 5.56 Å². The maximum absolute atomic E-state index is 11.9. The highest BCUT2D eigenvalue weighted by Gasteiger charge is 2.08. The van der Waals surface area contributed by atoms with Crippen molar-refractivity contribution in [3.05, 3.63) is 75.2 Å². The van der Waals surface area contributed by atoms with Gasteiger partial charge in [0, 0.05) is 17.1 Å². The summed E-state index contributed by atoms with van der Waals surface area (Å²) in [6, 6.07) is 19.7. The lowest BCUT2D eigenvalue weighted by atomic mass is 10.1. The Morgan fingerprint density at radius 3 is 2.69 bits per heavy atom. The zero-order chi connectivity index (χ0) is 18.4. The largest absolute Gasteiger partial charge is 0.483 e. The van der Waals surface area contributed by atoms with Crippen LogP contribution in [0.4, 0.5) is 0 Å². The van der Waals surface area contributed by atoms with Crippen molar-refractivity contribution in [2.24, 2.45) is 5.10 Å². The summed E-state index contributed by atoms with van der Waals surface area (Å²) in [4.78, 5) is 11.9. The number of carbonyl (C=O) groups excluding carboxylic acids is 1. The molecule has 1 N–H and O–H groups in total. The lowest BCUT2D eigenvalue weighted by Crippen LogP contribution is -2.24. The molecule has 0 aromatic heterocycles. The second-order valence-electron chi connectivity index (χ2n) is 5.57. The summed E-state index contributed by atoms with van der Waals surface area (Å²) in [5, 5.41) is 6.04. The number of nitrogens with zero attached hydrogens (tertiary/aromatic N) is 1. The zero-order valence-electron chi connectivity index (χ0n) is 13.8. The van der Waals surface area contributed by atoms with Gasteiger partial charge in [0.1, 0.15) is 5.75 Å². The fourth-order valence-corrected chi connectivity index (χ4v) is 3.40. The molecule has 4 nitrogen and oxygen atoms in total. The number of hydrogen-bond donors (Lipinski definition) is 1. The lowest BCUT2D eigenvalue weighted by Gasteiger charge is -2.10. The summed E-state index contributed by atoms with van der Waals surface area (Å²) in [5.41, 5.74) is 3.60. The van der Waals surface area contributed by atoms with E-state index in [2.05, 4.69) is 42.4 Å². The molecule has 0 heterocycles. The Morgan fingerprint density at radius 2 is 1.88 bits per heavy atom. The number of rotatable bonds is 6. The molecule has 1 amide bonds. The average molecular weight is 476 g/mol. The van der Waals surface area contributed by atoms with Crippen LogP contribution in [-0.4, -0.2) is 18.7 Å². The Bertz CT molecular complexity index is 943. The predicted octanol–water partition coefficient (Wildman–Crippen LogP) is 5.09. The molecular formula is C20H16Br2N2O2. The van der Waals surface area contributed by atoms with Gasteiger partial charge in [0.05, 0.1) is 4.47 Å². The monoisotopic (exact) mass is 474 g/mol. The highest BCUT2D eigenvalue weighted by Crippen LogP contribution is 2.34. The quantitative estimate of drug-likeness (QED) is 0.398. The Labute approximate surface area is 168 Å². The maximum atomic E-state index is 11.9. The standard InChI is InChI=1S/C20H16Br2N2O2/c21-16-7-8-17-15(12-16)6-9-18(20(17)22)26-13-19(25)24-23-11-10-14-4-2-1-3-5-14/h1-9,11-12H,10,13H2,(H,24,25). The molecule has 0 aliphatic carbocycles. The summed E-state index contributed by atoms with van der Waals surface area (Å²) in [6.07, 6.45) is 2.32. The molecule has 0 saturated carbocycles. The van der Waals surface area contributed by atoms with Gasteiger partial charge in [-0.2, -0.15) is 5.10 Å². The van der Waals surface area contributed by atoms with E-state index >= 15 is 0 Å². The molecule has 0 fully saturated rings. The Morgan fingerprint density at radius 1 is 1.08 bits per heavy atom. The van der Waals surface area contributed by atoms with E-state index in [9.17, 15) is 4.79 Å². The molecule has 3 rings (SSSR count). The maximum Gasteiger partial charge on any atom is 0.277 e. The van der Waals surface area contributed by atoms with Crippen LogP contribution in [0.15, 0.2) is 74.7 Å². The van der Waals surface area contributed by atoms with E-state index in [-0.39, 0.29) is 12.5 Å². The van der Waals surface area contributed by atoms with Crippen LogP contribution in [-0.2, 0) is 11.2 Å². The van der Waals surface area contributed by atoms with E-state index in [0.29, 0.717) is 12.2 Å². The number of hydrazone groups is 1. The summed E-state index contributed by atoms with van der Waals surface area (Å²) in [5.74, 6) is 0.306. The molecule has 0 saturated heterocycles. The van der Waals surface area contributed by atoms with Crippen molar-refractivity contribution in [2.45, 2.75) is 6.42 Å². The molecule has 0 atom stereocenters. The van der Waals surface area contributed by atoms with Crippen LogP contribution in [0.3, 0.4) is 0 Å². The van der Waals surface area contributed by atoms with E-state index in [1.165, 1.54) is 0 Å². The molecule has 3 aromatic rings. The van der Waals surface area contributed by atoms with E-state index in [1.54, 1.807) is 6.21 Å². The van der Waals surface area contributed by atoms with Gasteiger partial charge in [0.25, 0.3) is 5.91 Å². The van der Waals surface area contributed by atoms with Crippen molar-refractivity contribution in [3.8, 4) is 5.75 Å². The molecule has 26 heavy (non-hydrogen) atoms. The highest BCUT2D eigenvalue weighted by molar-refractivity contribution is 9.11. The molecule has 6 heteroatoms. The van der Waals surface area contributed by atoms with Crippen molar-refractivity contribution in [1.29, 1.82) is 0 Å². The fraction of sp³-hybridized carbons (Fsp3) is 0.100. The van der Waals surface area contributed by atoms with Gasteiger partial charge in [0.15, 0.2) is 6.61 Å². The average Bonchev–Trinajstić information content (AvgIpc) is 2.65. The minimum Gasteiger partial charge on any atom is -0.483 e. The fourth-order valence-electron chi connectivity index (χ4n) is 2.41. The highest BCUT2D eigenvalue weighted by atomic mass is 79.9. The van der Waals surface area contributed by atoms with E-state index in [4.69, 9.17) is 4.74 Å². The number of ether oxygens (including phenoxy) is 1. The Kier molecular flexibility index (Phi) is 6.41.